The number of carbonyl (C=O) groups is 4. The van der Waals surface area contributed by atoms with Crippen LogP contribution in [-0.2, 0) is 39.9 Å². The molecule has 0 saturated carbocycles. The first-order valence-electron chi connectivity index (χ1n) is 48.4. The Bertz CT molecular complexity index is 6460. The van der Waals surface area contributed by atoms with E-state index in [1.807, 2.05) is 195 Å². The quantitative estimate of drug-likeness (QED) is 0.0174. The maximum absolute atomic E-state index is 13.4. The number of carbonyl (C=O) groups excluding carboxylic acids is 4. The predicted octanol–water partition coefficient (Wildman–Crippen LogP) is 21.5. The Balaban J connectivity index is 0.000000151. The largest absolute Gasteiger partial charge is 0.493 e. The summed E-state index contributed by atoms with van der Waals surface area (Å²) in [5.41, 5.74) is 13.8. The SMILES string of the molecule is CC(CO)(CO)COc1ccc(C2c3[nH]c4ccc(Br)cc4c3CCN2C(=O)Oc2ccc(Cl)cc2)cc1.CCC(CO)(CO)COc1ccc(C2c3[nH]c4ccc(Br)cc4c3CCN2C(=O)OC(C)C)cc1.CCC(CO)(CO)COc1ccc(C2c3[nH]c4ccc(Br)cc4c3CCN2C(=O)OCC(C)C)cc1.CCOC(=O)N1CCc2c([nH]c3ccc(Br)cc23)C1c1ccc(OCC(CC)(CO)CO)cc1. The molecule has 4 aromatic heterocycles. The molecule has 28 nitrogen and oxygen atoms in total. The third kappa shape index (κ3) is 25.0. The van der Waals surface area contributed by atoms with Gasteiger partial charge in [-0.3, -0.25) is 19.6 Å². The van der Waals surface area contributed by atoms with Crippen LogP contribution in [0.2, 0.25) is 5.02 Å². The highest BCUT2D eigenvalue weighted by molar-refractivity contribution is 9.11. The van der Waals surface area contributed by atoms with E-state index in [2.05, 4.69) is 114 Å². The zero-order valence-electron chi connectivity index (χ0n) is 81.8. The number of hydrogen-bond donors (Lipinski definition) is 12. The zero-order chi connectivity index (χ0) is 102. The van der Waals surface area contributed by atoms with E-state index in [4.69, 9.17) is 49.5 Å². The van der Waals surface area contributed by atoms with Crippen molar-refractivity contribution >= 4 is 143 Å². The van der Waals surface area contributed by atoms with E-state index in [1.54, 1.807) is 50.8 Å². The van der Waals surface area contributed by atoms with Gasteiger partial charge in [-0.1, -0.05) is 165 Å². The topological polar surface area (TPSA) is 380 Å². The van der Waals surface area contributed by atoms with Crippen LogP contribution in [0, 0.1) is 27.6 Å². The summed E-state index contributed by atoms with van der Waals surface area (Å²) in [6.45, 7) is 19.5. The fourth-order valence-corrected chi connectivity index (χ4v) is 19.7. The van der Waals surface area contributed by atoms with Crippen molar-refractivity contribution in [3.05, 3.63) is 284 Å². The Labute approximate surface area is 871 Å². The molecule has 8 heterocycles. The monoisotopic (exact) mass is 2230 g/mol. The summed E-state index contributed by atoms with van der Waals surface area (Å²) in [6.07, 6.45) is 3.04. The minimum atomic E-state index is -0.738. The molecule has 9 aromatic carbocycles. The standard InChI is InChI=1S/C29H28BrClN2O5.C28H35BrN2O5.C27H33BrN2O5.C26H31BrN2O5/c1-29(15-34,16-35)17-37-21-7-2-18(3-8-21)27-26-23(24-14-19(30)4-11-25(24)32-26)12-13-33(27)28(36)38-22-9-5-20(31)6-10-22;1-4-28(15-32,16-33)17-36-21-8-5-19(6-9-21)26-25-22(23-13-20(29)7-10-24(23)30-25)11-12-31(26)27(34)35-14-18(2)3;1-4-27(14-31,15-32)16-34-20-8-5-18(6-9-20)25-24-21(11-12-30(25)26(33)35-17(2)3)22-13-19(28)7-10-23(22)29-24;1-3-26(14-30,15-31)16-34-19-8-5-17(6-9-19)24-23-20(11-12-29(24)25(32)33-4-2)21-13-18(27)7-10-22(21)28-23/h2-11,14,27,32,34-35H,12-13,15-17H2,1H3;5-10,13,18,26,30,32-33H,4,11-12,14-17H2,1-3H3;5-10,13,17,25,29,31-32H,4,11-12,14-16H2,1-3H3;5-10,13,24,28,30-31H,3-4,11-12,14-16H2,1-2H3. The summed E-state index contributed by atoms with van der Waals surface area (Å²) in [6, 6.07) is 60.4. The number of nitrogens with one attached hydrogen (secondary N) is 4. The molecule has 13 aromatic rings. The normalized spacial score (nSPS) is 15.8. The van der Waals surface area contributed by atoms with Crippen molar-refractivity contribution in [1.82, 2.24) is 39.5 Å². The lowest BCUT2D eigenvalue weighted by atomic mass is 9.88. The molecule has 12 N–H and O–H groups in total. The van der Waals surface area contributed by atoms with E-state index >= 15 is 0 Å². The molecule has 0 fully saturated rings. The van der Waals surface area contributed by atoms with Gasteiger partial charge in [-0.15, -0.1) is 0 Å². The van der Waals surface area contributed by atoms with Crippen molar-refractivity contribution in [1.29, 1.82) is 0 Å². The molecule has 143 heavy (non-hydrogen) atoms. The van der Waals surface area contributed by atoms with Gasteiger partial charge in [0.2, 0.25) is 0 Å². The molecule has 0 saturated heterocycles. The van der Waals surface area contributed by atoms with Gasteiger partial charge in [0.15, 0.2) is 0 Å². The van der Waals surface area contributed by atoms with Gasteiger partial charge in [-0.25, -0.2) is 19.2 Å². The van der Waals surface area contributed by atoms with Gasteiger partial charge in [0.1, 0.15) is 52.9 Å². The Kier molecular flexibility index (Phi) is 36.7. The number of aromatic nitrogens is 4. The highest BCUT2D eigenvalue weighted by Crippen LogP contribution is 2.47. The summed E-state index contributed by atoms with van der Waals surface area (Å²) in [5, 5.41) is 82.4. The molecule has 4 atom stereocenters. The Morgan fingerprint density at radius 3 is 0.902 bits per heavy atom. The average molecular weight is 2240 g/mol. The summed E-state index contributed by atoms with van der Waals surface area (Å²) in [4.78, 5) is 73.8. The molecular weight excluding hydrogens is 2110 g/mol. The van der Waals surface area contributed by atoms with E-state index < -0.39 is 33.8 Å². The van der Waals surface area contributed by atoms with E-state index in [9.17, 15) is 60.0 Å². The van der Waals surface area contributed by atoms with Gasteiger partial charge < -0.3 is 98.7 Å². The minimum Gasteiger partial charge on any atom is -0.493 e. The van der Waals surface area contributed by atoms with Crippen LogP contribution < -0.4 is 23.7 Å². The van der Waals surface area contributed by atoms with Crippen molar-refractivity contribution in [3.63, 3.8) is 0 Å². The lowest BCUT2D eigenvalue weighted by Gasteiger charge is -2.36. The molecular formula is C110H127Br4ClN8O20. The zero-order valence-corrected chi connectivity index (χ0v) is 88.9. The van der Waals surface area contributed by atoms with Crippen LogP contribution in [0.1, 0.15) is 173 Å². The molecule has 0 bridgehead atoms. The maximum Gasteiger partial charge on any atom is 0.416 e. The van der Waals surface area contributed by atoms with Crippen molar-refractivity contribution in [3.8, 4) is 28.7 Å². The van der Waals surface area contributed by atoms with Crippen molar-refractivity contribution in [2.45, 2.75) is 138 Å². The lowest BCUT2D eigenvalue weighted by Crippen LogP contribution is -2.42. The van der Waals surface area contributed by atoms with Gasteiger partial charge >= 0.3 is 24.4 Å². The van der Waals surface area contributed by atoms with Crippen LogP contribution in [0.4, 0.5) is 19.2 Å². The Morgan fingerprint density at radius 1 is 0.364 bits per heavy atom. The Morgan fingerprint density at radius 2 is 0.636 bits per heavy atom. The number of aliphatic hydroxyl groups excluding tert-OH is 8. The molecule has 0 spiro atoms. The first kappa shape index (κ1) is 108. The molecule has 4 unspecified atom stereocenters. The van der Waals surface area contributed by atoms with Crippen LogP contribution in [0.3, 0.4) is 0 Å². The van der Waals surface area contributed by atoms with Crippen molar-refractivity contribution in [2.24, 2.45) is 27.6 Å². The van der Waals surface area contributed by atoms with Crippen LogP contribution >= 0.6 is 75.3 Å². The third-order valence-corrected chi connectivity index (χ3v) is 29.7. The highest BCUT2D eigenvalue weighted by atomic mass is 79.9. The van der Waals surface area contributed by atoms with Crippen molar-refractivity contribution < 1.29 is 97.9 Å². The molecule has 0 aliphatic carbocycles. The predicted molar refractivity (Wildman–Crippen MR) is 566 cm³/mol. The van der Waals surface area contributed by atoms with Gasteiger partial charge in [0, 0.05) is 121 Å². The van der Waals surface area contributed by atoms with Crippen molar-refractivity contribution in [2.75, 3.05) is 119 Å². The molecule has 762 valence electrons. The third-order valence-electron chi connectivity index (χ3n) is 27.5. The second-order valence-corrected chi connectivity index (χ2v) is 42.3. The number of ether oxygens (including phenoxy) is 8. The second kappa shape index (κ2) is 48.5. The number of aliphatic hydroxyl groups is 8. The number of benzene rings is 9. The molecule has 0 radical (unpaired) electrons. The van der Waals surface area contributed by atoms with Crippen LogP contribution in [-0.4, -0.2) is 230 Å². The molecule has 4 amide bonds. The van der Waals surface area contributed by atoms with Crippen LogP contribution in [0.15, 0.2) is 212 Å². The fraction of sp³-hybridized carbons (Fsp3) is 0.400. The molecule has 4 aliphatic heterocycles. The lowest BCUT2D eigenvalue weighted by molar-refractivity contribution is 0.0112. The van der Waals surface area contributed by atoms with Gasteiger partial charge in [-0.2, -0.15) is 0 Å². The van der Waals surface area contributed by atoms with Gasteiger partial charge in [0.05, 0.1) is 115 Å². The van der Waals surface area contributed by atoms with Gasteiger partial charge in [0.25, 0.3) is 0 Å². The molecule has 4 aliphatic rings. The number of amides is 4. The number of nitrogens with zero attached hydrogens (tertiary/aromatic N) is 4. The summed E-state index contributed by atoms with van der Waals surface area (Å²) in [7, 11) is 0. The van der Waals surface area contributed by atoms with Crippen LogP contribution in [0.25, 0.3) is 43.6 Å². The second-order valence-electron chi connectivity index (χ2n) is 38.2. The average Bonchev–Trinajstić information content (AvgIpc) is 1.62. The number of fused-ring (bicyclic) bond motifs is 12. The van der Waals surface area contributed by atoms with Crippen LogP contribution in [0.5, 0.6) is 28.7 Å². The van der Waals surface area contributed by atoms with Gasteiger partial charge in [-0.05, 0) is 262 Å². The number of H-pyrrole nitrogens is 4. The van der Waals surface area contributed by atoms with E-state index in [0.717, 1.165) is 126 Å². The number of rotatable bonds is 32. The Hall–Kier alpha value is -10.7. The number of hydrogen-bond acceptors (Lipinski definition) is 20. The first-order valence-corrected chi connectivity index (χ1v) is 52.0. The number of halogens is 5. The maximum atomic E-state index is 13.4. The fourth-order valence-electron chi connectivity index (χ4n) is 18.2. The summed E-state index contributed by atoms with van der Waals surface area (Å²) < 4.78 is 49.9. The first-order chi connectivity index (χ1) is 68.8. The van der Waals surface area contributed by atoms with E-state index in [-0.39, 0.29) is 128 Å². The smallest absolute Gasteiger partial charge is 0.416 e. The highest BCUT2D eigenvalue weighted by Gasteiger charge is 2.42. The van der Waals surface area contributed by atoms with E-state index in [0.29, 0.717) is 98.8 Å². The molecule has 33 heteroatoms. The van der Waals surface area contributed by atoms with E-state index in [1.165, 1.54) is 22.3 Å². The minimum absolute atomic E-state index is 0.145. The number of aromatic amines is 4. The molecule has 17 rings (SSSR count). The summed E-state index contributed by atoms with van der Waals surface area (Å²) >= 11 is 20.3. The summed E-state index contributed by atoms with van der Waals surface area (Å²) in [5.74, 6) is 3.20.